The summed E-state index contributed by atoms with van der Waals surface area (Å²) in [5, 5.41) is 19.9. The Hall–Kier alpha value is -2.44. The molecule has 0 saturated carbocycles. The summed E-state index contributed by atoms with van der Waals surface area (Å²) in [6.07, 6.45) is 1.26. The number of carboxylic acid groups (broad SMARTS) is 1. The van der Waals surface area contributed by atoms with E-state index in [-0.39, 0.29) is 30.6 Å². The number of likely N-dealkylation sites (tertiary alicyclic amines) is 1. The molecule has 22 heavy (non-hydrogen) atoms. The van der Waals surface area contributed by atoms with Crippen LogP contribution in [0.4, 0.5) is 5.69 Å². The number of amides is 1. The summed E-state index contributed by atoms with van der Waals surface area (Å²) in [5.41, 5.74) is 0.504. The number of benzene rings is 1. The Labute approximate surface area is 127 Å². The number of non-ortho nitro benzene ring substituents is 1. The molecule has 118 valence electrons. The maximum atomic E-state index is 12.4. The number of nitro groups is 1. The monoisotopic (exact) mass is 306 g/mol. The van der Waals surface area contributed by atoms with Gasteiger partial charge in [-0.05, 0) is 25.3 Å². The summed E-state index contributed by atoms with van der Waals surface area (Å²) >= 11 is 0. The number of hydrogen-bond donors (Lipinski definition) is 1. The second-order valence-corrected chi connectivity index (χ2v) is 5.61. The molecule has 7 nitrogen and oxygen atoms in total. The van der Waals surface area contributed by atoms with Crippen molar-refractivity contribution in [2.75, 3.05) is 6.54 Å². The summed E-state index contributed by atoms with van der Waals surface area (Å²) in [6, 6.07) is 5.94. The second kappa shape index (κ2) is 6.55. The zero-order chi connectivity index (χ0) is 16.3. The first kappa shape index (κ1) is 15.9. The summed E-state index contributed by atoms with van der Waals surface area (Å²) in [5.74, 6) is -1.62. The molecular formula is C15H18N2O5. The van der Waals surface area contributed by atoms with Gasteiger partial charge in [0.15, 0.2) is 0 Å². The Morgan fingerprint density at radius 3 is 2.77 bits per heavy atom. The highest BCUT2D eigenvalue weighted by molar-refractivity contribution is 5.80. The lowest BCUT2D eigenvalue weighted by atomic mass is 9.93. The Balaban J connectivity index is 2.09. The van der Waals surface area contributed by atoms with Gasteiger partial charge in [0, 0.05) is 24.7 Å². The fourth-order valence-corrected chi connectivity index (χ4v) is 2.71. The van der Waals surface area contributed by atoms with Crippen LogP contribution in [0.5, 0.6) is 0 Å². The van der Waals surface area contributed by atoms with Crippen LogP contribution in [0.1, 0.15) is 25.3 Å². The summed E-state index contributed by atoms with van der Waals surface area (Å²) in [4.78, 5) is 35.3. The van der Waals surface area contributed by atoms with Gasteiger partial charge in [-0.1, -0.05) is 12.1 Å². The maximum absolute atomic E-state index is 12.4. The van der Waals surface area contributed by atoms with Gasteiger partial charge in [-0.25, -0.2) is 0 Å². The van der Waals surface area contributed by atoms with Gasteiger partial charge in [0.25, 0.3) is 5.69 Å². The van der Waals surface area contributed by atoms with Gasteiger partial charge < -0.3 is 10.0 Å². The van der Waals surface area contributed by atoms with Gasteiger partial charge in [-0.3, -0.25) is 19.7 Å². The van der Waals surface area contributed by atoms with Gasteiger partial charge in [-0.2, -0.15) is 0 Å². The van der Waals surface area contributed by atoms with Crippen LogP contribution in [0.25, 0.3) is 0 Å². The molecule has 1 N–H and O–H groups in total. The smallest absolute Gasteiger partial charge is 0.308 e. The van der Waals surface area contributed by atoms with Crippen molar-refractivity contribution in [3.63, 3.8) is 0 Å². The minimum Gasteiger partial charge on any atom is -0.481 e. The Morgan fingerprint density at radius 1 is 1.41 bits per heavy atom. The third-order valence-corrected chi connectivity index (χ3v) is 4.03. The van der Waals surface area contributed by atoms with Gasteiger partial charge in [0.05, 0.1) is 17.3 Å². The predicted octanol–water partition coefficient (Wildman–Crippen LogP) is 1.85. The number of hydrogen-bond acceptors (Lipinski definition) is 4. The fourth-order valence-electron chi connectivity index (χ4n) is 2.71. The molecule has 2 rings (SSSR count). The zero-order valence-corrected chi connectivity index (χ0v) is 12.3. The highest BCUT2D eigenvalue weighted by Gasteiger charge is 2.32. The number of carbonyl (C=O) groups is 2. The number of nitro benzene ring substituents is 1. The maximum Gasteiger partial charge on any atom is 0.308 e. The lowest BCUT2D eigenvalue weighted by Crippen LogP contribution is -2.47. The molecule has 0 bridgehead atoms. The molecule has 0 aromatic heterocycles. The van der Waals surface area contributed by atoms with Crippen LogP contribution in [0.15, 0.2) is 24.3 Å². The van der Waals surface area contributed by atoms with Crippen LogP contribution in [0, 0.1) is 16.0 Å². The van der Waals surface area contributed by atoms with E-state index in [9.17, 15) is 19.7 Å². The highest BCUT2D eigenvalue weighted by Crippen LogP contribution is 2.23. The van der Waals surface area contributed by atoms with Crippen LogP contribution < -0.4 is 0 Å². The first-order valence-corrected chi connectivity index (χ1v) is 7.14. The van der Waals surface area contributed by atoms with Crippen molar-refractivity contribution in [3.8, 4) is 0 Å². The molecule has 1 fully saturated rings. The number of rotatable bonds is 4. The van der Waals surface area contributed by atoms with E-state index in [1.807, 2.05) is 6.92 Å². The van der Waals surface area contributed by atoms with Crippen molar-refractivity contribution >= 4 is 17.6 Å². The SMILES string of the molecule is CC1CCC(C(=O)O)CN1C(=O)Cc1cccc([N+](=O)[O-])c1. The second-order valence-electron chi connectivity index (χ2n) is 5.61. The van der Waals surface area contributed by atoms with E-state index in [1.54, 1.807) is 17.0 Å². The van der Waals surface area contributed by atoms with Crippen LogP contribution in [0.3, 0.4) is 0 Å². The number of aliphatic carboxylic acids is 1. The van der Waals surface area contributed by atoms with Crippen molar-refractivity contribution < 1.29 is 19.6 Å². The van der Waals surface area contributed by atoms with Crippen molar-refractivity contribution in [1.29, 1.82) is 0 Å². The average molecular weight is 306 g/mol. The zero-order valence-electron chi connectivity index (χ0n) is 12.3. The quantitative estimate of drug-likeness (QED) is 0.675. The summed E-state index contributed by atoms with van der Waals surface area (Å²) in [7, 11) is 0. The largest absolute Gasteiger partial charge is 0.481 e. The molecule has 2 unspecified atom stereocenters. The van der Waals surface area contributed by atoms with Gasteiger partial charge >= 0.3 is 5.97 Å². The Morgan fingerprint density at radius 2 is 2.14 bits per heavy atom. The van der Waals surface area contributed by atoms with E-state index < -0.39 is 16.8 Å². The number of piperidine rings is 1. The lowest BCUT2D eigenvalue weighted by Gasteiger charge is -2.36. The fraction of sp³-hybridized carbons (Fsp3) is 0.467. The van der Waals surface area contributed by atoms with E-state index in [2.05, 4.69) is 0 Å². The molecule has 0 spiro atoms. The third-order valence-electron chi connectivity index (χ3n) is 4.03. The first-order chi connectivity index (χ1) is 10.4. The summed E-state index contributed by atoms with van der Waals surface area (Å²) < 4.78 is 0. The predicted molar refractivity (Wildman–Crippen MR) is 78.3 cm³/mol. The number of carboxylic acids is 1. The molecule has 1 aromatic rings. The van der Waals surface area contributed by atoms with Crippen LogP contribution in [-0.4, -0.2) is 39.4 Å². The van der Waals surface area contributed by atoms with Gasteiger partial charge in [-0.15, -0.1) is 0 Å². The van der Waals surface area contributed by atoms with Crippen molar-refractivity contribution in [3.05, 3.63) is 39.9 Å². The molecule has 1 aromatic carbocycles. The van der Waals surface area contributed by atoms with Crippen LogP contribution in [-0.2, 0) is 16.0 Å². The normalized spacial score (nSPS) is 21.4. The Kier molecular flexibility index (Phi) is 4.75. The lowest BCUT2D eigenvalue weighted by molar-refractivity contribution is -0.384. The van der Waals surface area contributed by atoms with Gasteiger partial charge in [0.2, 0.25) is 5.91 Å². The highest BCUT2D eigenvalue weighted by atomic mass is 16.6. The Bertz CT molecular complexity index is 601. The van der Waals surface area contributed by atoms with Crippen LogP contribution >= 0.6 is 0 Å². The molecular weight excluding hydrogens is 288 g/mol. The molecule has 1 aliphatic heterocycles. The molecule has 1 heterocycles. The van der Waals surface area contributed by atoms with Crippen molar-refractivity contribution in [1.82, 2.24) is 4.90 Å². The van der Waals surface area contributed by atoms with Crippen molar-refractivity contribution in [2.45, 2.75) is 32.2 Å². The number of carbonyl (C=O) groups excluding carboxylic acids is 1. The molecule has 7 heteroatoms. The molecule has 0 aliphatic carbocycles. The van der Waals surface area contributed by atoms with Crippen LogP contribution in [0.2, 0.25) is 0 Å². The standard InChI is InChI=1S/C15H18N2O5/c1-10-5-6-12(15(19)20)9-16(10)14(18)8-11-3-2-4-13(7-11)17(21)22/h2-4,7,10,12H,5-6,8-9H2,1H3,(H,19,20). The minimum absolute atomic E-state index is 0.0122. The third kappa shape index (κ3) is 3.60. The summed E-state index contributed by atoms with van der Waals surface area (Å²) in [6.45, 7) is 2.09. The number of nitrogens with zero attached hydrogens (tertiary/aromatic N) is 2. The molecule has 2 atom stereocenters. The van der Waals surface area contributed by atoms with E-state index in [4.69, 9.17) is 5.11 Å². The van der Waals surface area contributed by atoms with Crippen molar-refractivity contribution in [2.24, 2.45) is 5.92 Å². The molecule has 0 radical (unpaired) electrons. The van der Waals surface area contributed by atoms with E-state index in [0.29, 0.717) is 18.4 Å². The molecule has 1 aliphatic rings. The average Bonchev–Trinajstić information content (AvgIpc) is 2.47. The van der Waals surface area contributed by atoms with E-state index in [0.717, 1.165) is 0 Å². The molecule has 1 saturated heterocycles. The first-order valence-electron chi connectivity index (χ1n) is 7.14. The minimum atomic E-state index is -0.889. The van der Waals surface area contributed by atoms with Gasteiger partial charge in [0.1, 0.15) is 0 Å². The molecule has 1 amide bonds. The van der Waals surface area contributed by atoms with E-state index >= 15 is 0 Å². The topological polar surface area (TPSA) is 101 Å². The van der Waals surface area contributed by atoms with E-state index in [1.165, 1.54) is 12.1 Å².